The molecular weight excluding hydrogens is 208 g/mol. The van der Waals surface area contributed by atoms with Gasteiger partial charge in [-0.2, -0.15) is 0 Å². The van der Waals surface area contributed by atoms with Gasteiger partial charge in [-0.15, -0.1) is 0 Å². The molecule has 3 nitrogen and oxygen atoms in total. The molecule has 1 aliphatic heterocycles. The van der Waals surface area contributed by atoms with Gasteiger partial charge in [0.2, 0.25) is 0 Å². The molecule has 2 atom stereocenters. The Morgan fingerprint density at radius 1 is 1.53 bits per heavy atom. The normalized spacial score (nSPS) is 27.9. The number of hydrogen-bond acceptors (Lipinski definition) is 3. The summed E-state index contributed by atoms with van der Waals surface area (Å²) in [5.41, 5.74) is 5.43. The monoisotopic (exact) mass is 230 g/mol. The van der Waals surface area contributed by atoms with Gasteiger partial charge in [0.05, 0.1) is 11.1 Å². The minimum Gasteiger partial charge on any atom is -0.393 e. The van der Waals surface area contributed by atoms with Crippen molar-refractivity contribution < 1.29 is 5.11 Å². The van der Waals surface area contributed by atoms with Crippen molar-refractivity contribution >= 4 is 17.2 Å². The first-order chi connectivity index (χ1) is 7.09. The molecule has 0 aromatic heterocycles. The molecule has 0 amide bonds. The lowest BCUT2D eigenvalue weighted by Crippen LogP contribution is -2.43. The molecule has 0 aliphatic carbocycles. The second kappa shape index (κ2) is 6.40. The molecule has 1 heterocycles. The van der Waals surface area contributed by atoms with Crippen LogP contribution in [0.3, 0.4) is 0 Å². The first-order valence-corrected chi connectivity index (χ1v) is 6.19. The first kappa shape index (κ1) is 12.9. The molecular formula is C11H22N2OS. The molecule has 15 heavy (non-hydrogen) atoms. The maximum absolute atomic E-state index is 9.71. The minimum atomic E-state index is -0.144. The van der Waals surface area contributed by atoms with E-state index in [2.05, 4.69) is 11.8 Å². The van der Waals surface area contributed by atoms with Crippen molar-refractivity contribution in [3.05, 3.63) is 0 Å². The molecule has 1 saturated heterocycles. The van der Waals surface area contributed by atoms with Crippen LogP contribution < -0.4 is 5.73 Å². The van der Waals surface area contributed by atoms with E-state index in [0.717, 1.165) is 45.3 Å². The summed E-state index contributed by atoms with van der Waals surface area (Å²) in [4.78, 5) is 2.95. The largest absolute Gasteiger partial charge is 0.393 e. The van der Waals surface area contributed by atoms with E-state index in [1.807, 2.05) is 0 Å². The quantitative estimate of drug-likeness (QED) is 0.549. The van der Waals surface area contributed by atoms with Gasteiger partial charge in [-0.25, -0.2) is 0 Å². The maximum Gasteiger partial charge on any atom is 0.0727 e. The zero-order valence-electron chi connectivity index (χ0n) is 9.48. The molecule has 0 saturated carbocycles. The molecule has 1 fully saturated rings. The van der Waals surface area contributed by atoms with Crippen molar-refractivity contribution in [2.75, 3.05) is 19.6 Å². The van der Waals surface area contributed by atoms with Crippen molar-refractivity contribution in [3.63, 3.8) is 0 Å². The molecule has 88 valence electrons. The number of piperidine rings is 1. The average Bonchev–Trinajstić information content (AvgIpc) is 2.18. The van der Waals surface area contributed by atoms with Gasteiger partial charge in [-0.3, -0.25) is 0 Å². The van der Waals surface area contributed by atoms with Crippen LogP contribution in [0.15, 0.2) is 0 Å². The maximum atomic E-state index is 9.71. The SMILES string of the molecule is CC1CCN(CCCCC(N)=S)CC1O. The fraction of sp³-hybridized carbons (Fsp3) is 0.909. The summed E-state index contributed by atoms with van der Waals surface area (Å²) in [5, 5.41) is 9.71. The molecule has 0 bridgehead atoms. The summed E-state index contributed by atoms with van der Waals surface area (Å²) in [5.74, 6) is 0.456. The lowest BCUT2D eigenvalue weighted by atomic mass is 9.96. The second-order valence-corrected chi connectivity index (χ2v) is 5.08. The average molecular weight is 230 g/mol. The number of unbranched alkanes of at least 4 members (excludes halogenated alkanes) is 1. The molecule has 0 aromatic carbocycles. The smallest absolute Gasteiger partial charge is 0.0727 e. The van der Waals surface area contributed by atoms with E-state index in [1.165, 1.54) is 0 Å². The fourth-order valence-corrected chi connectivity index (χ4v) is 2.10. The molecule has 0 spiro atoms. The van der Waals surface area contributed by atoms with Crippen molar-refractivity contribution in [2.24, 2.45) is 11.7 Å². The van der Waals surface area contributed by atoms with Gasteiger partial charge in [0.1, 0.15) is 0 Å². The van der Waals surface area contributed by atoms with Gasteiger partial charge < -0.3 is 15.7 Å². The highest BCUT2D eigenvalue weighted by Gasteiger charge is 2.23. The van der Waals surface area contributed by atoms with Crippen molar-refractivity contribution in [1.82, 2.24) is 4.90 Å². The van der Waals surface area contributed by atoms with Crippen LogP contribution in [0.4, 0.5) is 0 Å². The number of rotatable bonds is 5. The van der Waals surface area contributed by atoms with Gasteiger partial charge >= 0.3 is 0 Å². The number of nitrogens with zero attached hydrogens (tertiary/aromatic N) is 1. The van der Waals surface area contributed by atoms with Crippen LogP contribution in [0.2, 0.25) is 0 Å². The summed E-state index contributed by atoms with van der Waals surface area (Å²) in [6.45, 7) is 5.13. The number of nitrogens with two attached hydrogens (primary N) is 1. The van der Waals surface area contributed by atoms with Crippen molar-refractivity contribution in [1.29, 1.82) is 0 Å². The molecule has 4 heteroatoms. The van der Waals surface area contributed by atoms with Crippen LogP contribution in [0.25, 0.3) is 0 Å². The van der Waals surface area contributed by atoms with Crippen LogP contribution >= 0.6 is 12.2 Å². The highest BCUT2D eigenvalue weighted by molar-refractivity contribution is 7.80. The standard InChI is InChI=1S/C11H22N2OS/c1-9-5-7-13(8-10(9)14)6-3-2-4-11(12)15/h9-10,14H,2-8H2,1H3,(H2,12,15). The molecule has 1 rings (SSSR count). The van der Waals surface area contributed by atoms with E-state index >= 15 is 0 Å². The van der Waals surface area contributed by atoms with Crippen LogP contribution in [0, 0.1) is 5.92 Å². The van der Waals surface area contributed by atoms with E-state index < -0.39 is 0 Å². The Labute approximate surface area is 97.6 Å². The van der Waals surface area contributed by atoms with Crippen molar-refractivity contribution in [3.8, 4) is 0 Å². The Morgan fingerprint density at radius 2 is 2.27 bits per heavy atom. The third-order valence-electron chi connectivity index (χ3n) is 3.15. The third-order valence-corrected chi connectivity index (χ3v) is 3.35. The summed E-state index contributed by atoms with van der Waals surface area (Å²) in [6.07, 6.45) is 4.00. The lowest BCUT2D eigenvalue weighted by molar-refractivity contribution is 0.0287. The predicted molar refractivity (Wildman–Crippen MR) is 66.9 cm³/mol. The van der Waals surface area contributed by atoms with Crippen LogP contribution in [-0.2, 0) is 0 Å². The number of β-amino-alcohol motifs (C(OH)–C–C–N with tert-alkyl or cyclic N) is 1. The highest BCUT2D eigenvalue weighted by atomic mass is 32.1. The van der Waals surface area contributed by atoms with Crippen LogP contribution in [-0.4, -0.2) is 40.7 Å². The molecule has 2 unspecified atom stereocenters. The molecule has 3 N–H and O–H groups in total. The van der Waals surface area contributed by atoms with E-state index in [4.69, 9.17) is 18.0 Å². The second-order valence-electron chi connectivity index (χ2n) is 4.56. The number of hydrogen-bond donors (Lipinski definition) is 2. The van der Waals surface area contributed by atoms with E-state index in [9.17, 15) is 5.11 Å². The Kier molecular flexibility index (Phi) is 5.50. The summed E-state index contributed by atoms with van der Waals surface area (Å²) in [6, 6.07) is 0. The molecule has 1 aliphatic rings. The Balaban J connectivity index is 2.09. The number of thiocarbonyl (C=S) groups is 1. The first-order valence-electron chi connectivity index (χ1n) is 5.78. The Hall–Kier alpha value is -0.190. The lowest BCUT2D eigenvalue weighted by Gasteiger charge is -2.34. The van der Waals surface area contributed by atoms with Gasteiger partial charge in [0.25, 0.3) is 0 Å². The fourth-order valence-electron chi connectivity index (χ4n) is 1.95. The van der Waals surface area contributed by atoms with Crippen LogP contribution in [0.5, 0.6) is 0 Å². The Bertz CT molecular complexity index is 211. The molecule has 0 radical (unpaired) electrons. The van der Waals surface area contributed by atoms with E-state index in [0.29, 0.717) is 10.9 Å². The molecule has 0 aromatic rings. The van der Waals surface area contributed by atoms with Gasteiger partial charge in [0, 0.05) is 6.54 Å². The third kappa shape index (κ3) is 4.91. The highest BCUT2D eigenvalue weighted by Crippen LogP contribution is 2.17. The number of likely N-dealkylation sites (tertiary alicyclic amines) is 1. The zero-order valence-corrected chi connectivity index (χ0v) is 10.3. The summed E-state index contributed by atoms with van der Waals surface area (Å²) < 4.78 is 0. The summed E-state index contributed by atoms with van der Waals surface area (Å²) >= 11 is 4.82. The van der Waals surface area contributed by atoms with Gasteiger partial charge in [0.15, 0.2) is 0 Å². The minimum absolute atomic E-state index is 0.144. The van der Waals surface area contributed by atoms with Crippen LogP contribution in [0.1, 0.15) is 32.6 Å². The van der Waals surface area contributed by atoms with Gasteiger partial charge in [-0.05, 0) is 44.7 Å². The topological polar surface area (TPSA) is 49.5 Å². The van der Waals surface area contributed by atoms with Crippen molar-refractivity contribution in [2.45, 2.75) is 38.7 Å². The zero-order chi connectivity index (χ0) is 11.3. The van der Waals surface area contributed by atoms with E-state index in [-0.39, 0.29) is 6.10 Å². The Morgan fingerprint density at radius 3 is 2.87 bits per heavy atom. The number of aliphatic hydroxyl groups excluding tert-OH is 1. The predicted octanol–water partition coefficient (Wildman–Crippen LogP) is 1.15. The van der Waals surface area contributed by atoms with Gasteiger partial charge in [-0.1, -0.05) is 19.1 Å². The summed E-state index contributed by atoms with van der Waals surface area (Å²) in [7, 11) is 0. The number of aliphatic hydroxyl groups is 1. The van der Waals surface area contributed by atoms with E-state index in [1.54, 1.807) is 0 Å².